The van der Waals surface area contributed by atoms with Gasteiger partial charge in [-0.15, -0.1) is 10.2 Å². The highest BCUT2D eigenvalue weighted by atomic mass is 19.1. The molecule has 0 unspecified atom stereocenters. The number of nitrogens with one attached hydrogen (secondary N) is 1. The summed E-state index contributed by atoms with van der Waals surface area (Å²) in [5, 5.41) is 11.5. The van der Waals surface area contributed by atoms with E-state index < -0.39 is 0 Å². The van der Waals surface area contributed by atoms with E-state index in [0.29, 0.717) is 13.2 Å². The molecule has 8 heteroatoms. The number of fused-ring (bicyclic) bond motifs is 1. The molecule has 0 aliphatic carbocycles. The maximum atomic E-state index is 13.3. The van der Waals surface area contributed by atoms with E-state index in [1.165, 1.54) is 12.1 Å². The number of benzene rings is 1. The predicted molar refractivity (Wildman–Crippen MR) is 106 cm³/mol. The first-order valence-corrected chi connectivity index (χ1v) is 10.3. The Morgan fingerprint density at radius 2 is 2.00 bits per heavy atom. The zero-order valence-electron chi connectivity index (χ0n) is 16.9. The molecule has 1 saturated heterocycles. The average Bonchev–Trinajstić information content (AvgIpc) is 3.03. The Kier molecular flexibility index (Phi) is 5.80. The van der Waals surface area contributed by atoms with Gasteiger partial charge < -0.3 is 19.5 Å². The van der Waals surface area contributed by atoms with Crippen LogP contribution in [0.4, 0.5) is 9.18 Å². The second-order valence-electron chi connectivity index (χ2n) is 8.14. The van der Waals surface area contributed by atoms with E-state index in [2.05, 4.69) is 20.1 Å². The fourth-order valence-corrected chi connectivity index (χ4v) is 4.52. The van der Waals surface area contributed by atoms with E-state index in [1.807, 2.05) is 11.0 Å². The Balaban J connectivity index is 1.30. The fourth-order valence-electron chi connectivity index (χ4n) is 4.52. The monoisotopic (exact) mass is 401 g/mol. The summed E-state index contributed by atoms with van der Waals surface area (Å²) in [5.74, 6) is 1.66. The molecule has 2 amide bonds. The van der Waals surface area contributed by atoms with Crippen molar-refractivity contribution in [2.24, 2.45) is 5.41 Å². The Labute approximate surface area is 170 Å². The van der Waals surface area contributed by atoms with E-state index in [-0.39, 0.29) is 17.3 Å². The van der Waals surface area contributed by atoms with Crippen molar-refractivity contribution >= 4 is 6.03 Å². The maximum Gasteiger partial charge on any atom is 0.317 e. The first-order chi connectivity index (χ1) is 14.1. The molecule has 2 aliphatic rings. The molecule has 1 N–H and O–H groups in total. The molecule has 1 fully saturated rings. The quantitative estimate of drug-likeness (QED) is 0.855. The van der Waals surface area contributed by atoms with Gasteiger partial charge in [0.05, 0.1) is 0 Å². The van der Waals surface area contributed by atoms with E-state index in [1.54, 1.807) is 13.2 Å². The molecule has 0 bridgehead atoms. The minimum Gasteiger partial charge on any atom is -0.377 e. The van der Waals surface area contributed by atoms with E-state index >= 15 is 0 Å². The predicted octanol–water partition coefficient (Wildman–Crippen LogP) is 2.89. The van der Waals surface area contributed by atoms with Crippen LogP contribution in [0.1, 0.15) is 42.9 Å². The lowest BCUT2D eigenvalue weighted by Gasteiger charge is -2.41. The number of rotatable bonds is 4. The Hall–Kier alpha value is -2.48. The van der Waals surface area contributed by atoms with Crippen molar-refractivity contribution in [3.05, 3.63) is 47.3 Å². The lowest BCUT2D eigenvalue weighted by molar-refractivity contribution is 0.0996. The molecular weight excluding hydrogens is 373 g/mol. The van der Waals surface area contributed by atoms with Crippen molar-refractivity contribution < 1.29 is 13.9 Å². The molecule has 29 heavy (non-hydrogen) atoms. The minimum absolute atomic E-state index is 0.0720. The molecule has 1 aromatic heterocycles. The molecule has 0 atom stereocenters. The third-order valence-corrected chi connectivity index (χ3v) is 6.37. The van der Waals surface area contributed by atoms with Gasteiger partial charge in [-0.3, -0.25) is 0 Å². The van der Waals surface area contributed by atoms with E-state index in [0.717, 1.165) is 69.0 Å². The van der Waals surface area contributed by atoms with Crippen molar-refractivity contribution in [1.82, 2.24) is 25.0 Å². The smallest absolute Gasteiger partial charge is 0.317 e. The van der Waals surface area contributed by atoms with Gasteiger partial charge in [0.25, 0.3) is 0 Å². The third-order valence-electron chi connectivity index (χ3n) is 6.37. The highest BCUT2D eigenvalue weighted by molar-refractivity contribution is 5.74. The lowest BCUT2D eigenvalue weighted by atomic mass is 9.73. The van der Waals surface area contributed by atoms with E-state index in [9.17, 15) is 9.18 Å². The number of amides is 2. The number of ether oxygens (including phenoxy) is 1. The van der Waals surface area contributed by atoms with Gasteiger partial charge >= 0.3 is 6.03 Å². The number of urea groups is 1. The number of hydrogen-bond donors (Lipinski definition) is 1. The summed E-state index contributed by atoms with van der Waals surface area (Å²) in [5.41, 5.74) is 1.02. The van der Waals surface area contributed by atoms with Crippen molar-refractivity contribution in [2.45, 2.75) is 51.8 Å². The van der Waals surface area contributed by atoms with Crippen LogP contribution in [0.2, 0.25) is 0 Å². The van der Waals surface area contributed by atoms with Crippen LogP contribution in [-0.4, -0.2) is 45.9 Å². The van der Waals surface area contributed by atoms with Crippen LogP contribution in [0.3, 0.4) is 0 Å². The number of aryl methyl sites for hydroxylation is 1. The highest BCUT2D eigenvalue weighted by Gasteiger charge is 2.37. The zero-order chi connectivity index (χ0) is 20.3. The summed E-state index contributed by atoms with van der Waals surface area (Å²) in [6, 6.07) is 6.26. The number of methoxy groups -OCH3 is 1. The van der Waals surface area contributed by atoms with Gasteiger partial charge in [-0.1, -0.05) is 12.1 Å². The number of halogens is 1. The maximum absolute atomic E-state index is 13.3. The number of carbonyl (C=O) groups excluding carboxylic acids is 1. The Morgan fingerprint density at radius 3 is 2.76 bits per heavy atom. The highest BCUT2D eigenvalue weighted by Crippen LogP contribution is 2.41. The number of nitrogens with zero attached hydrogens (tertiary/aromatic N) is 4. The number of likely N-dealkylation sites (tertiary alicyclic amines) is 1. The zero-order valence-corrected chi connectivity index (χ0v) is 16.9. The second-order valence-corrected chi connectivity index (χ2v) is 8.14. The summed E-state index contributed by atoms with van der Waals surface area (Å²) in [6.45, 7) is 3.24. The van der Waals surface area contributed by atoms with Gasteiger partial charge in [-0.25, -0.2) is 9.18 Å². The molecule has 156 valence electrons. The van der Waals surface area contributed by atoms with Gasteiger partial charge in [-0.05, 0) is 48.8 Å². The molecule has 7 nitrogen and oxygen atoms in total. The van der Waals surface area contributed by atoms with Gasteiger partial charge in [0, 0.05) is 39.7 Å². The molecular formula is C21H28FN5O2. The Bertz CT molecular complexity index is 861. The molecule has 3 heterocycles. The van der Waals surface area contributed by atoms with Gasteiger partial charge in [0.1, 0.15) is 18.2 Å². The molecule has 1 aromatic carbocycles. The van der Waals surface area contributed by atoms with Crippen molar-refractivity contribution in [3.8, 4) is 0 Å². The second kappa shape index (κ2) is 8.49. The third kappa shape index (κ3) is 4.42. The Morgan fingerprint density at radius 1 is 1.21 bits per heavy atom. The van der Waals surface area contributed by atoms with Crippen molar-refractivity contribution in [1.29, 1.82) is 0 Å². The topological polar surface area (TPSA) is 72.3 Å². The lowest BCUT2D eigenvalue weighted by Crippen LogP contribution is -2.47. The van der Waals surface area contributed by atoms with Crippen LogP contribution in [0, 0.1) is 11.2 Å². The van der Waals surface area contributed by atoms with Gasteiger partial charge in [-0.2, -0.15) is 0 Å². The van der Waals surface area contributed by atoms with Crippen LogP contribution >= 0.6 is 0 Å². The fraction of sp³-hybridized carbons (Fsp3) is 0.571. The average molecular weight is 401 g/mol. The van der Waals surface area contributed by atoms with Gasteiger partial charge in [0.2, 0.25) is 0 Å². The van der Waals surface area contributed by atoms with Crippen LogP contribution in [-0.2, 0) is 30.9 Å². The van der Waals surface area contributed by atoms with Crippen LogP contribution in [0.25, 0.3) is 0 Å². The first-order valence-electron chi connectivity index (χ1n) is 10.3. The standard InChI is InChI=1S/C21H28FN5O2/c1-29-15-19-25-24-18-5-6-21(9-12-27(18)19)7-10-26(11-8-21)20(28)23-14-16-3-2-4-17(22)13-16/h2-4,13H,5-12,14-15H2,1H3,(H,23,28). The summed E-state index contributed by atoms with van der Waals surface area (Å²) >= 11 is 0. The molecule has 0 radical (unpaired) electrons. The number of aromatic nitrogens is 3. The number of hydrogen-bond acceptors (Lipinski definition) is 4. The van der Waals surface area contributed by atoms with E-state index in [4.69, 9.17) is 4.74 Å². The van der Waals surface area contributed by atoms with Crippen LogP contribution in [0.15, 0.2) is 24.3 Å². The molecule has 1 spiro atoms. The molecule has 2 aromatic rings. The first kappa shape index (κ1) is 19.8. The SMILES string of the molecule is COCc1nnc2n1CCC1(CC2)CCN(C(=O)NCc2cccc(F)c2)CC1. The van der Waals surface area contributed by atoms with Crippen molar-refractivity contribution in [3.63, 3.8) is 0 Å². The summed E-state index contributed by atoms with van der Waals surface area (Å²) < 4.78 is 20.7. The normalized spacial score (nSPS) is 18.3. The summed E-state index contributed by atoms with van der Waals surface area (Å²) in [7, 11) is 1.68. The van der Waals surface area contributed by atoms with Crippen molar-refractivity contribution in [2.75, 3.05) is 20.2 Å². The summed E-state index contributed by atoms with van der Waals surface area (Å²) in [6.07, 6.45) is 5.07. The number of carbonyl (C=O) groups is 1. The van der Waals surface area contributed by atoms with Crippen LogP contribution < -0.4 is 5.32 Å². The number of piperidine rings is 1. The molecule has 4 rings (SSSR count). The largest absolute Gasteiger partial charge is 0.377 e. The minimum atomic E-state index is -0.283. The molecule has 2 aliphatic heterocycles. The summed E-state index contributed by atoms with van der Waals surface area (Å²) in [4.78, 5) is 14.4. The van der Waals surface area contributed by atoms with Crippen LogP contribution in [0.5, 0.6) is 0 Å². The van der Waals surface area contributed by atoms with Gasteiger partial charge in [0.15, 0.2) is 5.82 Å². The molecule has 0 saturated carbocycles.